The Balaban J connectivity index is 2.53. The van der Waals surface area contributed by atoms with Gasteiger partial charge in [-0.25, -0.2) is 13.9 Å². The first-order valence-corrected chi connectivity index (χ1v) is 7.66. The van der Waals surface area contributed by atoms with Gasteiger partial charge in [-0.05, 0) is 17.7 Å². The smallest absolute Gasteiger partial charge is 0.274 e. The number of rotatable bonds is 7. The van der Waals surface area contributed by atoms with Gasteiger partial charge in [0.15, 0.2) is 9.84 Å². The van der Waals surface area contributed by atoms with Crippen LogP contribution in [0.5, 0.6) is 0 Å². The van der Waals surface area contributed by atoms with E-state index in [0.717, 1.165) is 6.26 Å². The summed E-state index contributed by atoms with van der Waals surface area (Å²) >= 11 is 0. The van der Waals surface area contributed by atoms with Crippen molar-refractivity contribution in [3.63, 3.8) is 0 Å². The van der Waals surface area contributed by atoms with Gasteiger partial charge < -0.3 is 4.74 Å². The lowest BCUT2D eigenvalue weighted by atomic mass is 10.1. The molecule has 1 aromatic rings. The highest BCUT2D eigenvalue weighted by atomic mass is 32.2. The van der Waals surface area contributed by atoms with Crippen molar-refractivity contribution < 1.29 is 22.8 Å². The maximum absolute atomic E-state index is 11.6. The monoisotopic (exact) mass is 287 g/mol. The predicted molar refractivity (Wildman–Crippen MR) is 70.3 cm³/mol. The van der Waals surface area contributed by atoms with Crippen molar-refractivity contribution in [1.29, 1.82) is 0 Å². The molecule has 0 fully saturated rings. The minimum atomic E-state index is -3.07. The van der Waals surface area contributed by atoms with Crippen molar-refractivity contribution in [3.05, 3.63) is 35.4 Å². The summed E-state index contributed by atoms with van der Waals surface area (Å²) in [6, 6.07) is 6.31. The number of carbonyl (C=O) groups is 1. The fourth-order valence-electron chi connectivity index (χ4n) is 1.36. The molecule has 0 unspecified atom stereocenters. The van der Waals surface area contributed by atoms with Crippen LogP contribution in [0.1, 0.15) is 15.9 Å². The maximum atomic E-state index is 11.6. The Morgan fingerprint density at radius 3 is 2.37 bits per heavy atom. The Morgan fingerprint density at radius 1 is 1.21 bits per heavy atom. The molecule has 0 bridgehead atoms. The highest BCUT2D eigenvalue weighted by Crippen LogP contribution is 2.07. The number of carbonyl (C=O) groups excluding carboxylic acids is 1. The van der Waals surface area contributed by atoms with Gasteiger partial charge in [-0.15, -0.1) is 0 Å². The zero-order valence-corrected chi connectivity index (χ0v) is 11.7. The lowest BCUT2D eigenvalue weighted by Gasteiger charge is -2.06. The van der Waals surface area contributed by atoms with E-state index >= 15 is 0 Å². The normalized spacial score (nSPS) is 11.3. The standard InChI is InChI=1S/C12H17NO5S/c1-17-7-8-18-13-12(14)11-5-3-10(4-6-11)9-19(2,15)16/h3-6H,7-9H2,1-2H3,(H,13,14). The van der Waals surface area contributed by atoms with Gasteiger partial charge in [0.2, 0.25) is 0 Å². The number of hydrogen-bond acceptors (Lipinski definition) is 5. The van der Waals surface area contributed by atoms with E-state index in [2.05, 4.69) is 5.48 Å². The molecular weight excluding hydrogens is 270 g/mol. The molecule has 0 radical (unpaired) electrons. The van der Waals surface area contributed by atoms with Crippen molar-refractivity contribution in [2.24, 2.45) is 0 Å². The molecule has 0 atom stereocenters. The van der Waals surface area contributed by atoms with Crippen LogP contribution in [0.4, 0.5) is 0 Å². The van der Waals surface area contributed by atoms with Crippen LogP contribution in [0.2, 0.25) is 0 Å². The quantitative estimate of drug-likeness (QED) is 0.584. The summed E-state index contributed by atoms with van der Waals surface area (Å²) in [6.07, 6.45) is 1.16. The van der Waals surface area contributed by atoms with Gasteiger partial charge in [-0.3, -0.25) is 9.63 Å². The zero-order valence-electron chi connectivity index (χ0n) is 10.9. The van der Waals surface area contributed by atoms with Gasteiger partial charge >= 0.3 is 0 Å². The molecule has 7 heteroatoms. The van der Waals surface area contributed by atoms with E-state index in [0.29, 0.717) is 17.7 Å². The highest BCUT2D eigenvalue weighted by Gasteiger charge is 2.07. The van der Waals surface area contributed by atoms with Crippen molar-refractivity contribution in [2.75, 3.05) is 26.6 Å². The second-order valence-electron chi connectivity index (χ2n) is 4.04. The zero-order chi connectivity index (χ0) is 14.3. The van der Waals surface area contributed by atoms with Gasteiger partial charge in [-0.1, -0.05) is 12.1 Å². The van der Waals surface area contributed by atoms with Gasteiger partial charge in [0.1, 0.15) is 0 Å². The van der Waals surface area contributed by atoms with Crippen LogP contribution in [0.15, 0.2) is 24.3 Å². The minimum absolute atomic E-state index is 0.0424. The van der Waals surface area contributed by atoms with Gasteiger partial charge in [0, 0.05) is 18.9 Å². The number of ether oxygens (including phenoxy) is 1. The second kappa shape index (κ2) is 7.22. The van der Waals surface area contributed by atoms with Crippen LogP contribution in [0.25, 0.3) is 0 Å². The first kappa shape index (κ1) is 15.6. The number of amides is 1. The van der Waals surface area contributed by atoms with Crippen LogP contribution >= 0.6 is 0 Å². The topological polar surface area (TPSA) is 81.7 Å². The number of hydrogen-bond donors (Lipinski definition) is 1. The Labute approximate surface area is 112 Å². The lowest BCUT2D eigenvalue weighted by Crippen LogP contribution is -2.25. The fourth-order valence-corrected chi connectivity index (χ4v) is 2.15. The molecule has 1 aromatic carbocycles. The summed E-state index contributed by atoms with van der Waals surface area (Å²) < 4.78 is 27.0. The van der Waals surface area contributed by atoms with Crippen molar-refractivity contribution in [2.45, 2.75) is 5.75 Å². The average molecular weight is 287 g/mol. The molecule has 0 aromatic heterocycles. The fraction of sp³-hybridized carbons (Fsp3) is 0.417. The van der Waals surface area contributed by atoms with Crippen LogP contribution in [0.3, 0.4) is 0 Å². The first-order valence-electron chi connectivity index (χ1n) is 5.60. The summed E-state index contributed by atoms with van der Waals surface area (Å²) in [4.78, 5) is 16.5. The molecule has 1 N–H and O–H groups in total. The van der Waals surface area contributed by atoms with Gasteiger partial charge in [-0.2, -0.15) is 0 Å². The molecule has 19 heavy (non-hydrogen) atoms. The molecule has 0 saturated heterocycles. The molecule has 0 heterocycles. The third-order valence-corrected chi connectivity index (χ3v) is 3.06. The largest absolute Gasteiger partial charge is 0.382 e. The van der Waals surface area contributed by atoms with E-state index < -0.39 is 9.84 Å². The minimum Gasteiger partial charge on any atom is -0.382 e. The Morgan fingerprint density at radius 2 is 1.84 bits per heavy atom. The Hall–Kier alpha value is -1.44. The summed E-state index contributed by atoms with van der Waals surface area (Å²) in [5.41, 5.74) is 3.30. The maximum Gasteiger partial charge on any atom is 0.274 e. The lowest BCUT2D eigenvalue weighted by molar-refractivity contribution is 0.00889. The average Bonchev–Trinajstić information content (AvgIpc) is 2.33. The van der Waals surface area contributed by atoms with Crippen molar-refractivity contribution in [1.82, 2.24) is 5.48 Å². The molecule has 6 nitrogen and oxygen atoms in total. The second-order valence-corrected chi connectivity index (χ2v) is 6.18. The third kappa shape index (κ3) is 6.32. The summed E-state index contributed by atoms with van der Waals surface area (Å²) in [5, 5.41) is 0. The molecule has 0 aliphatic carbocycles. The SMILES string of the molecule is COCCONC(=O)c1ccc(CS(C)(=O)=O)cc1. The number of nitrogens with one attached hydrogen (secondary N) is 1. The van der Waals surface area contributed by atoms with Crippen molar-refractivity contribution >= 4 is 15.7 Å². The van der Waals surface area contributed by atoms with E-state index in [1.165, 1.54) is 7.11 Å². The highest BCUT2D eigenvalue weighted by molar-refractivity contribution is 7.89. The molecule has 1 rings (SSSR count). The van der Waals surface area contributed by atoms with Crippen molar-refractivity contribution in [3.8, 4) is 0 Å². The van der Waals surface area contributed by atoms with Crippen LogP contribution < -0.4 is 5.48 Å². The number of benzene rings is 1. The Bertz CT molecular complexity index is 509. The van der Waals surface area contributed by atoms with E-state index in [-0.39, 0.29) is 18.3 Å². The molecule has 0 aliphatic heterocycles. The summed E-state index contributed by atoms with van der Waals surface area (Å²) in [7, 11) is -1.54. The van der Waals surface area contributed by atoms with Crippen LogP contribution in [-0.2, 0) is 25.2 Å². The number of sulfone groups is 1. The van der Waals surface area contributed by atoms with E-state index in [4.69, 9.17) is 9.57 Å². The van der Waals surface area contributed by atoms with E-state index in [1.54, 1.807) is 24.3 Å². The predicted octanol–water partition coefficient (Wildman–Crippen LogP) is 0.539. The van der Waals surface area contributed by atoms with Crippen LogP contribution in [0, 0.1) is 0 Å². The summed E-state index contributed by atoms with van der Waals surface area (Å²) in [5.74, 6) is -0.429. The summed E-state index contributed by atoms with van der Waals surface area (Å²) in [6.45, 7) is 0.641. The number of hydroxylamine groups is 1. The first-order chi connectivity index (χ1) is 8.92. The molecule has 0 saturated carbocycles. The van der Waals surface area contributed by atoms with Gasteiger partial charge in [0.25, 0.3) is 5.91 Å². The van der Waals surface area contributed by atoms with Gasteiger partial charge in [0.05, 0.1) is 19.0 Å². The molecular formula is C12H17NO5S. The Kier molecular flexibility index (Phi) is 5.94. The molecule has 106 valence electrons. The number of methoxy groups -OCH3 is 1. The van der Waals surface area contributed by atoms with E-state index in [9.17, 15) is 13.2 Å². The molecule has 0 spiro atoms. The van der Waals surface area contributed by atoms with E-state index in [1.807, 2.05) is 0 Å². The van der Waals surface area contributed by atoms with Crippen LogP contribution in [-0.4, -0.2) is 40.9 Å². The third-order valence-electron chi connectivity index (χ3n) is 2.20. The molecule has 1 amide bonds. The molecule has 0 aliphatic rings.